The molecule has 0 aromatic carbocycles. The molecule has 0 aliphatic heterocycles. The van der Waals surface area contributed by atoms with E-state index >= 15 is 0 Å². The Kier molecular flexibility index (Phi) is 11.2. The minimum absolute atomic E-state index is 0.00747. The van der Waals surface area contributed by atoms with Gasteiger partial charge in [0, 0.05) is 13.1 Å². The third kappa shape index (κ3) is 12.7. The van der Waals surface area contributed by atoms with Gasteiger partial charge < -0.3 is 30.3 Å². The number of hydrogen-bond acceptors (Lipinski definition) is 6. The second kappa shape index (κ2) is 12.0. The fraction of sp³-hybridized carbons (Fsp3) is 0.867. The molecule has 0 radical (unpaired) electrons. The fourth-order valence-corrected chi connectivity index (χ4v) is 2.23. The Balaban J connectivity index is 3.90. The van der Waals surface area contributed by atoms with E-state index in [-0.39, 0.29) is 31.8 Å². The molecule has 0 rings (SSSR count). The van der Waals surface area contributed by atoms with Crippen molar-refractivity contribution in [2.24, 2.45) is 11.3 Å². The van der Waals surface area contributed by atoms with Gasteiger partial charge in [0.2, 0.25) is 0 Å². The molecule has 23 heavy (non-hydrogen) atoms. The van der Waals surface area contributed by atoms with Gasteiger partial charge in [0.25, 0.3) is 0 Å². The second-order valence-corrected chi connectivity index (χ2v) is 6.26. The Morgan fingerprint density at radius 2 is 1.57 bits per heavy atom. The van der Waals surface area contributed by atoms with Crippen LogP contribution in [0.3, 0.4) is 0 Å². The van der Waals surface area contributed by atoms with Crippen LogP contribution in [0.5, 0.6) is 0 Å². The summed E-state index contributed by atoms with van der Waals surface area (Å²) in [6, 6.07) is 0. The highest BCUT2D eigenvalue weighted by Gasteiger charge is 2.22. The SMILES string of the molecule is CC(CCNC(=O)OCCO)CC(C)(C)CNC(=O)OCCO. The summed E-state index contributed by atoms with van der Waals surface area (Å²) in [5.41, 5.74) is -0.116. The molecule has 1 atom stereocenters. The lowest BCUT2D eigenvalue weighted by Crippen LogP contribution is -2.36. The van der Waals surface area contributed by atoms with Crippen molar-refractivity contribution in [1.29, 1.82) is 0 Å². The summed E-state index contributed by atoms with van der Waals surface area (Å²) in [5.74, 6) is 0.346. The Morgan fingerprint density at radius 3 is 2.09 bits per heavy atom. The number of aliphatic hydroxyl groups is 2. The quantitative estimate of drug-likeness (QED) is 0.445. The van der Waals surface area contributed by atoms with Gasteiger partial charge in [-0.3, -0.25) is 0 Å². The highest BCUT2D eigenvalue weighted by atomic mass is 16.6. The highest BCUT2D eigenvalue weighted by molar-refractivity contribution is 5.67. The summed E-state index contributed by atoms with van der Waals surface area (Å²) < 4.78 is 9.43. The monoisotopic (exact) mass is 334 g/mol. The predicted octanol–water partition coefficient (Wildman–Crippen LogP) is 0.866. The van der Waals surface area contributed by atoms with Crippen LogP contribution in [0.4, 0.5) is 9.59 Å². The van der Waals surface area contributed by atoms with E-state index in [9.17, 15) is 9.59 Å². The molecule has 0 bridgehead atoms. The standard InChI is InChI=1S/C15H30N2O6/c1-12(4-5-16-13(20)22-8-6-18)10-15(2,3)11-17-14(21)23-9-7-19/h12,18-19H,4-11H2,1-3H3,(H,16,20)(H,17,21). The zero-order valence-corrected chi connectivity index (χ0v) is 14.3. The van der Waals surface area contributed by atoms with Crippen molar-refractivity contribution in [3.8, 4) is 0 Å². The maximum absolute atomic E-state index is 11.3. The molecule has 0 fully saturated rings. The van der Waals surface area contributed by atoms with Crippen LogP contribution in [0.2, 0.25) is 0 Å². The Bertz CT molecular complexity index is 349. The number of carbonyl (C=O) groups excluding carboxylic acids is 2. The molecule has 8 heteroatoms. The van der Waals surface area contributed by atoms with Crippen molar-refractivity contribution in [3.05, 3.63) is 0 Å². The maximum atomic E-state index is 11.3. The van der Waals surface area contributed by atoms with Crippen molar-refractivity contribution in [3.63, 3.8) is 0 Å². The van der Waals surface area contributed by atoms with Crippen LogP contribution in [0.25, 0.3) is 0 Å². The molecular formula is C15H30N2O6. The van der Waals surface area contributed by atoms with Crippen LogP contribution in [-0.2, 0) is 9.47 Å². The molecule has 0 aliphatic carbocycles. The number of rotatable bonds is 11. The number of amides is 2. The first-order chi connectivity index (χ1) is 10.8. The first-order valence-corrected chi connectivity index (χ1v) is 7.83. The summed E-state index contributed by atoms with van der Waals surface area (Å²) in [7, 11) is 0. The van der Waals surface area contributed by atoms with E-state index in [1.54, 1.807) is 0 Å². The molecule has 0 spiro atoms. The second-order valence-electron chi connectivity index (χ2n) is 6.26. The molecule has 8 nitrogen and oxygen atoms in total. The zero-order chi connectivity index (χ0) is 17.7. The van der Waals surface area contributed by atoms with E-state index in [0.717, 1.165) is 12.8 Å². The average Bonchev–Trinajstić information content (AvgIpc) is 2.48. The lowest BCUT2D eigenvalue weighted by atomic mass is 9.82. The van der Waals surface area contributed by atoms with Gasteiger partial charge in [0.1, 0.15) is 13.2 Å². The lowest BCUT2D eigenvalue weighted by molar-refractivity contribution is 0.114. The number of aliphatic hydroxyl groups excluding tert-OH is 2. The molecule has 0 saturated heterocycles. The van der Waals surface area contributed by atoms with Crippen LogP contribution in [0, 0.1) is 11.3 Å². The molecular weight excluding hydrogens is 304 g/mol. The fourth-order valence-electron chi connectivity index (χ4n) is 2.23. The minimum atomic E-state index is -0.534. The molecule has 0 heterocycles. The summed E-state index contributed by atoms with van der Waals surface area (Å²) in [6.07, 6.45) is 0.583. The molecule has 4 N–H and O–H groups in total. The Labute approximate surface area is 137 Å². The summed E-state index contributed by atoms with van der Waals surface area (Å²) >= 11 is 0. The summed E-state index contributed by atoms with van der Waals surface area (Å²) in [6.45, 7) is 6.71. The largest absolute Gasteiger partial charge is 0.447 e. The Morgan fingerprint density at radius 1 is 1.04 bits per heavy atom. The summed E-state index contributed by atoms with van der Waals surface area (Å²) in [5, 5.41) is 22.4. The minimum Gasteiger partial charge on any atom is -0.447 e. The van der Waals surface area contributed by atoms with Crippen molar-refractivity contribution >= 4 is 12.2 Å². The number of nitrogens with one attached hydrogen (secondary N) is 2. The molecule has 0 saturated carbocycles. The summed E-state index contributed by atoms with van der Waals surface area (Å²) in [4.78, 5) is 22.6. The number of hydrogen-bond donors (Lipinski definition) is 4. The third-order valence-corrected chi connectivity index (χ3v) is 3.17. The van der Waals surface area contributed by atoms with Gasteiger partial charge >= 0.3 is 12.2 Å². The lowest BCUT2D eigenvalue weighted by Gasteiger charge is -2.28. The van der Waals surface area contributed by atoms with Crippen LogP contribution in [0.1, 0.15) is 33.6 Å². The van der Waals surface area contributed by atoms with E-state index < -0.39 is 12.2 Å². The van der Waals surface area contributed by atoms with Gasteiger partial charge in [-0.05, 0) is 24.2 Å². The number of alkyl carbamates (subject to hydrolysis) is 2. The number of carbonyl (C=O) groups is 2. The maximum Gasteiger partial charge on any atom is 0.407 e. The van der Waals surface area contributed by atoms with Crippen LogP contribution < -0.4 is 10.6 Å². The van der Waals surface area contributed by atoms with E-state index in [1.165, 1.54) is 0 Å². The van der Waals surface area contributed by atoms with Gasteiger partial charge in [0.15, 0.2) is 0 Å². The molecule has 0 aromatic rings. The van der Waals surface area contributed by atoms with Gasteiger partial charge in [-0.15, -0.1) is 0 Å². The van der Waals surface area contributed by atoms with E-state index in [0.29, 0.717) is 19.0 Å². The molecule has 2 amide bonds. The van der Waals surface area contributed by atoms with Crippen LogP contribution in [0.15, 0.2) is 0 Å². The topological polar surface area (TPSA) is 117 Å². The smallest absolute Gasteiger partial charge is 0.407 e. The first kappa shape index (κ1) is 21.5. The molecule has 1 unspecified atom stereocenters. The predicted molar refractivity (Wildman–Crippen MR) is 85.1 cm³/mol. The Hall–Kier alpha value is -1.54. The zero-order valence-electron chi connectivity index (χ0n) is 14.3. The average molecular weight is 334 g/mol. The number of ether oxygens (including phenoxy) is 2. The van der Waals surface area contributed by atoms with Crippen molar-refractivity contribution in [1.82, 2.24) is 10.6 Å². The van der Waals surface area contributed by atoms with Gasteiger partial charge in [0.05, 0.1) is 13.2 Å². The van der Waals surface area contributed by atoms with Crippen molar-refractivity contribution in [2.75, 3.05) is 39.5 Å². The van der Waals surface area contributed by atoms with E-state index in [2.05, 4.69) is 17.6 Å². The third-order valence-electron chi connectivity index (χ3n) is 3.17. The van der Waals surface area contributed by atoms with Gasteiger partial charge in [-0.1, -0.05) is 20.8 Å². The van der Waals surface area contributed by atoms with Gasteiger partial charge in [-0.2, -0.15) is 0 Å². The first-order valence-electron chi connectivity index (χ1n) is 7.83. The molecule has 0 aliphatic rings. The van der Waals surface area contributed by atoms with E-state index in [1.807, 2.05) is 13.8 Å². The molecule has 0 aromatic heterocycles. The van der Waals surface area contributed by atoms with Crippen molar-refractivity contribution < 1.29 is 29.3 Å². The van der Waals surface area contributed by atoms with Crippen LogP contribution in [-0.4, -0.2) is 61.9 Å². The van der Waals surface area contributed by atoms with Crippen molar-refractivity contribution in [2.45, 2.75) is 33.6 Å². The van der Waals surface area contributed by atoms with Gasteiger partial charge in [-0.25, -0.2) is 9.59 Å². The molecule has 136 valence electrons. The van der Waals surface area contributed by atoms with Crippen LogP contribution >= 0.6 is 0 Å². The normalized spacial score (nSPS) is 12.4. The van der Waals surface area contributed by atoms with E-state index in [4.69, 9.17) is 19.7 Å². The highest BCUT2D eigenvalue weighted by Crippen LogP contribution is 2.26.